The fourth-order valence-corrected chi connectivity index (χ4v) is 2.74. The van der Waals surface area contributed by atoms with Gasteiger partial charge in [0.15, 0.2) is 0 Å². The van der Waals surface area contributed by atoms with Crippen LogP contribution in [0.1, 0.15) is 22.8 Å². The van der Waals surface area contributed by atoms with Crippen LogP contribution in [0.5, 0.6) is 5.75 Å². The number of rotatable bonds is 5. The molecule has 0 unspecified atom stereocenters. The van der Waals surface area contributed by atoms with Gasteiger partial charge < -0.3 is 14.1 Å². The Hall–Kier alpha value is -3.15. The van der Waals surface area contributed by atoms with Gasteiger partial charge in [-0.2, -0.15) is 0 Å². The topological polar surface area (TPSA) is 59.8 Å². The summed E-state index contributed by atoms with van der Waals surface area (Å²) in [6.45, 7) is 2.40. The number of carbonyl (C=O) groups is 1. The Morgan fingerprint density at radius 1 is 1.19 bits per heavy atom. The normalized spacial score (nSPS) is 10.7. The molecular weight excluding hydrogens is 337 g/mol. The first-order valence-corrected chi connectivity index (χ1v) is 8.19. The van der Waals surface area contributed by atoms with Gasteiger partial charge in [-0.25, -0.2) is 9.18 Å². The molecule has 0 N–H and O–H groups in total. The van der Waals surface area contributed by atoms with E-state index in [4.69, 9.17) is 9.15 Å². The summed E-state index contributed by atoms with van der Waals surface area (Å²) < 4.78 is 24.4. The maximum Gasteiger partial charge on any atom is 0.337 e. The first-order valence-electron chi connectivity index (χ1n) is 8.19. The van der Waals surface area contributed by atoms with Crippen molar-refractivity contribution in [3.05, 3.63) is 75.9 Å². The molecule has 0 aliphatic carbocycles. The predicted octanol–water partition coefficient (Wildman–Crippen LogP) is 3.60. The summed E-state index contributed by atoms with van der Waals surface area (Å²) >= 11 is 0. The summed E-state index contributed by atoms with van der Waals surface area (Å²) in [5.74, 6) is -0.228. The highest BCUT2D eigenvalue weighted by atomic mass is 19.1. The van der Waals surface area contributed by atoms with Gasteiger partial charge in [0, 0.05) is 36.7 Å². The van der Waals surface area contributed by atoms with Gasteiger partial charge in [0.25, 0.3) is 5.91 Å². The monoisotopic (exact) mass is 355 g/mol. The van der Waals surface area contributed by atoms with Gasteiger partial charge in [-0.3, -0.25) is 4.79 Å². The number of benzene rings is 2. The van der Waals surface area contributed by atoms with Crippen molar-refractivity contribution in [2.45, 2.75) is 13.5 Å². The fraction of sp³-hybridized carbons (Fsp3) is 0.200. The molecule has 1 aromatic heterocycles. The number of carbonyl (C=O) groups excluding carboxylic acids is 1. The van der Waals surface area contributed by atoms with Crippen LogP contribution in [0.4, 0.5) is 4.39 Å². The van der Waals surface area contributed by atoms with E-state index in [0.717, 1.165) is 6.07 Å². The molecule has 0 aliphatic heterocycles. The van der Waals surface area contributed by atoms with E-state index in [-0.39, 0.29) is 23.5 Å². The van der Waals surface area contributed by atoms with Crippen LogP contribution in [0.15, 0.2) is 57.7 Å². The number of nitrogens with zero attached hydrogens (tertiary/aromatic N) is 1. The molecule has 0 atom stereocenters. The van der Waals surface area contributed by atoms with Gasteiger partial charge in [0.2, 0.25) is 0 Å². The van der Waals surface area contributed by atoms with Crippen molar-refractivity contribution in [3.63, 3.8) is 0 Å². The first-order chi connectivity index (χ1) is 12.5. The van der Waals surface area contributed by atoms with Gasteiger partial charge in [-0.05, 0) is 25.1 Å². The smallest absolute Gasteiger partial charge is 0.337 e. The third-order valence-electron chi connectivity index (χ3n) is 3.97. The van der Waals surface area contributed by atoms with Crippen molar-refractivity contribution in [1.29, 1.82) is 0 Å². The third-order valence-corrected chi connectivity index (χ3v) is 3.97. The lowest BCUT2D eigenvalue weighted by molar-refractivity contribution is 0.0785. The largest absolute Gasteiger partial charge is 0.494 e. The summed E-state index contributed by atoms with van der Waals surface area (Å²) in [7, 11) is 1.56. The van der Waals surface area contributed by atoms with E-state index in [0.29, 0.717) is 23.3 Å². The molecular formula is C20H18FNO4. The zero-order chi connectivity index (χ0) is 18.7. The minimum absolute atomic E-state index is 0.0876. The predicted molar refractivity (Wildman–Crippen MR) is 95.9 cm³/mol. The summed E-state index contributed by atoms with van der Waals surface area (Å²) in [4.78, 5) is 26.1. The van der Waals surface area contributed by atoms with Crippen LogP contribution in [0.3, 0.4) is 0 Å². The molecule has 0 spiro atoms. The molecule has 0 radical (unpaired) electrons. The Morgan fingerprint density at radius 2 is 1.96 bits per heavy atom. The molecule has 3 aromatic rings. The number of ether oxygens (including phenoxy) is 1. The Labute approximate surface area is 149 Å². The van der Waals surface area contributed by atoms with Crippen LogP contribution in [0.25, 0.3) is 11.0 Å². The Morgan fingerprint density at radius 3 is 2.69 bits per heavy atom. The maximum atomic E-state index is 13.8. The molecule has 6 heteroatoms. The molecule has 0 aliphatic rings. The molecule has 2 aromatic carbocycles. The summed E-state index contributed by atoms with van der Waals surface area (Å²) in [6.07, 6.45) is 0. The molecule has 5 nitrogen and oxygen atoms in total. The van der Waals surface area contributed by atoms with Crippen LogP contribution < -0.4 is 10.4 Å². The van der Waals surface area contributed by atoms with Crippen LogP contribution in [0, 0.1) is 5.82 Å². The number of amides is 1. The van der Waals surface area contributed by atoms with Crippen molar-refractivity contribution in [2.24, 2.45) is 0 Å². The second-order valence-electron chi connectivity index (χ2n) is 5.82. The van der Waals surface area contributed by atoms with E-state index < -0.39 is 11.5 Å². The van der Waals surface area contributed by atoms with E-state index in [9.17, 15) is 14.0 Å². The Bertz CT molecular complexity index is 1010. The van der Waals surface area contributed by atoms with Crippen molar-refractivity contribution >= 4 is 16.9 Å². The minimum atomic E-state index is -0.631. The summed E-state index contributed by atoms with van der Waals surface area (Å²) in [5.41, 5.74) is 0.243. The highest BCUT2D eigenvalue weighted by molar-refractivity contribution is 6.05. The fourth-order valence-electron chi connectivity index (χ4n) is 2.74. The van der Waals surface area contributed by atoms with Crippen molar-refractivity contribution in [2.75, 3.05) is 13.7 Å². The van der Waals surface area contributed by atoms with Crippen molar-refractivity contribution in [3.8, 4) is 5.75 Å². The molecule has 0 saturated heterocycles. The standard InChI is InChI=1S/C20H18FNO4/c1-3-25-14-8-9-15-16(11-19(23)26-18(15)10-14)20(24)22(2)12-13-6-4-5-7-17(13)21/h4-11H,3,12H2,1-2H3. The number of hydrogen-bond donors (Lipinski definition) is 0. The third kappa shape index (κ3) is 3.59. The molecule has 1 amide bonds. The highest BCUT2D eigenvalue weighted by Crippen LogP contribution is 2.24. The van der Waals surface area contributed by atoms with Crippen LogP contribution in [-0.2, 0) is 6.54 Å². The average molecular weight is 355 g/mol. The molecule has 26 heavy (non-hydrogen) atoms. The Kier molecular flexibility index (Phi) is 5.02. The van der Waals surface area contributed by atoms with E-state index in [1.807, 2.05) is 6.92 Å². The summed E-state index contributed by atoms with van der Waals surface area (Å²) in [6, 6.07) is 12.4. The molecule has 0 fully saturated rings. The number of fused-ring (bicyclic) bond motifs is 1. The quantitative estimate of drug-likeness (QED) is 0.656. The van der Waals surface area contributed by atoms with E-state index in [1.165, 1.54) is 11.0 Å². The lowest BCUT2D eigenvalue weighted by Crippen LogP contribution is -2.27. The second kappa shape index (κ2) is 7.39. The van der Waals surface area contributed by atoms with Crippen LogP contribution in [0.2, 0.25) is 0 Å². The van der Waals surface area contributed by atoms with Gasteiger partial charge in [-0.1, -0.05) is 18.2 Å². The molecule has 134 valence electrons. The molecule has 0 saturated carbocycles. The minimum Gasteiger partial charge on any atom is -0.494 e. The number of halogens is 1. The SMILES string of the molecule is CCOc1ccc2c(C(=O)N(C)Cc3ccccc3F)cc(=O)oc2c1. The number of hydrogen-bond acceptors (Lipinski definition) is 4. The second-order valence-corrected chi connectivity index (χ2v) is 5.82. The van der Waals surface area contributed by atoms with Gasteiger partial charge in [0.1, 0.15) is 17.1 Å². The molecule has 3 rings (SSSR count). The zero-order valence-corrected chi connectivity index (χ0v) is 14.5. The Balaban J connectivity index is 1.97. The van der Waals surface area contributed by atoms with Gasteiger partial charge >= 0.3 is 5.63 Å². The lowest BCUT2D eigenvalue weighted by Gasteiger charge is -2.18. The lowest BCUT2D eigenvalue weighted by atomic mass is 10.1. The first kappa shape index (κ1) is 17.7. The maximum absolute atomic E-state index is 13.8. The van der Waals surface area contributed by atoms with Crippen molar-refractivity contribution < 1.29 is 18.3 Å². The highest BCUT2D eigenvalue weighted by Gasteiger charge is 2.18. The van der Waals surface area contributed by atoms with E-state index in [1.54, 1.807) is 43.4 Å². The van der Waals surface area contributed by atoms with Gasteiger partial charge in [-0.15, -0.1) is 0 Å². The molecule has 1 heterocycles. The van der Waals surface area contributed by atoms with E-state index in [2.05, 4.69) is 0 Å². The average Bonchev–Trinajstić information content (AvgIpc) is 2.62. The molecule has 0 bridgehead atoms. The van der Waals surface area contributed by atoms with Crippen molar-refractivity contribution in [1.82, 2.24) is 4.90 Å². The van der Waals surface area contributed by atoms with Crippen LogP contribution >= 0.6 is 0 Å². The van der Waals surface area contributed by atoms with E-state index >= 15 is 0 Å². The van der Waals surface area contributed by atoms with Gasteiger partial charge in [0.05, 0.1) is 12.2 Å². The summed E-state index contributed by atoms with van der Waals surface area (Å²) in [5, 5.41) is 0.499. The zero-order valence-electron chi connectivity index (χ0n) is 14.5. The van der Waals surface area contributed by atoms with Crippen LogP contribution in [-0.4, -0.2) is 24.5 Å².